The monoisotopic (exact) mass is 581 g/mol. The molecule has 220 valence electrons. The first-order valence-corrected chi connectivity index (χ1v) is 15.7. The van der Waals surface area contributed by atoms with E-state index in [4.69, 9.17) is 4.74 Å². The van der Waals surface area contributed by atoms with Gasteiger partial charge >= 0.3 is 0 Å². The van der Waals surface area contributed by atoms with Crippen molar-refractivity contribution in [3.05, 3.63) is 48.3 Å². The van der Waals surface area contributed by atoms with Crippen LogP contribution in [-0.2, 0) is 10.0 Å². The number of aromatic nitrogens is 3. The van der Waals surface area contributed by atoms with Gasteiger partial charge in [0.1, 0.15) is 12.1 Å². The quantitative estimate of drug-likeness (QED) is 0.345. The van der Waals surface area contributed by atoms with Gasteiger partial charge in [-0.25, -0.2) is 18.4 Å². The van der Waals surface area contributed by atoms with Gasteiger partial charge in [-0.2, -0.15) is 4.98 Å². The van der Waals surface area contributed by atoms with E-state index >= 15 is 0 Å². The number of sulfonamides is 1. The summed E-state index contributed by atoms with van der Waals surface area (Å²) in [5.74, 6) is 1.29. The second kappa shape index (κ2) is 12.5. The number of anilines is 6. The molecule has 2 aliphatic heterocycles. The maximum Gasteiger partial charge on any atom is 0.232 e. The smallest absolute Gasteiger partial charge is 0.232 e. The van der Waals surface area contributed by atoms with Gasteiger partial charge in [0.2, 0.25) is 21.9 Å². The first kappa shape index (κ1) is 28.8. The van der Waals surface area contributed by atoms with E-state index in [1.807, 2.05) is 0 Å². The minimum absolute atomic E-state index is 0.265. The second-order valence-corrected chi connectivity index (χ2v) is 12.4. The van der Waals surface area contributed by atoms with Crippen LogP contribution in [0.2, 0.25) is 0 Å². The Hall–Kier alpha value is -3.68. The van der Waals surface area contributed by atoms with Crippen LogP contribution in [0.3, 0.4) is 0 Å². The Labute approximate surface area is 242 Å². The number of benzene rings is 2. The van der Waals surface area contributed by atoms with Crippen LogP contribution in [0, 0.1) is 6.92 Å². The Bertz CT molecular complexity index is 1450. The molecule has 5 rings (SSSR count). The number of ether oxygens (including phenoxy) is 1. The zero-order valence-electron chi connectivity index (χ0n) is 24.1. The molecular weight excluding hydrogens is 542 g/mol. The SMILES string of the molecule is COc1cc(N2CCC(N3CCN(C)CC3)CC2)c(C)cc1Nc1ncnc(Nc2ccccc2NS(C)(=O)=O)n1. The molecule has 0 atom stereocenters. The standard InChI is InChI=1S/C28H39N9O3S/c1-20-17-24(26(40-3)18-25(20)37-11-9-21(10-12-37)36-15-13-35(2)14-16-36)32-28-30-19-29-27(33-28)31-22-7-5-6-8-23(22)34-41(4,38)39/h5-8,17-19,21,34H,9-16H2,1-4H3,(H2,29,30,31,32,33). The summed E-state index contributed by atoms with van der Waals surface area (Å²) in [5, 5.41) is 6.33. The molecule has 12 nitrogen and oxygen atoms in total. The lowest BCUT2D eigenvalue weighted by Crippen LogP contribution is -2.52. The van der Waals surface area contributed by atoms with Crippen molar-refractivity contribution in [1.82, 2.24) is 24.8 Å². The Morgan fingerprint density at radius 2 is 1.54 bits per heavy atom. The number of piperazine rings is 1. The molecule has 0 unspecified atom stereocenters. The van der Waals surface area contributed by atoms with Gasteiger partial charge in [-0.3, -0.25) is 9.62 Å². The summed E-state index contributed by atoms with van der Waals surface area (Å²) in [4.78, 5) is 20.5. The van der Waals surface area contributed by atoms with Crippen LogP contribution in [0.25, 0.3) is 0 Å². The molecule has 41 heavy (non-hydrogen) atoms. The maximum absolute atomic E-state index is 11.8. The third kappa shape index (κ3) is 7.34. The molecule has 3 heterocycles. The first-order chi connectivity index (χ1) is 19.7. The molecule has 2 saturated heterocycles. The molecule has 0 spiro atoms. The van der Waals surface area contributed by atoms with Gasteiger partial charge in [0.25, 0.3) is 0 Å². The van der Waals surface area contributed by atoms with E-state index in [1.165, 1.54) is 12.0 Å². The van der Waals surface area contributed by atoms with E-state index in [1.54, 1.807) is 31.4 Å². The van der Waals surface area contributed by atoms with Crippen molar-refractivity contribution < 1.29 is 13.2 Å². The summed E-state index contributed by atoms with van der Waals surface area (Å²) >= 11 is 0. The van der Waals surface area contributed by atoms with Crippen molar-refractivity contribution in [2.75, 3.05) is 79.9 Å². The fraction of sp³-hybridized carbons (Fsp3) is 0.464. The molecule has 0 aliphatic carbocycles. The predicted molar refractivity (Wildman–Crippen MR) is 163 cm³/mol. The molecule has 2 fully saturated rings. The number of nitrogens with zero attached hydrogens (tertiary/aromatic N) is 6. The molecule has 0 bridgehead atoms. The molecule has 2 aromatic carbocycles. The highest BCUT2D eigenvalue weighted by Gasteiger charge is 2.27. The van der Waals surface area contributed by atoms with Crippen molar-refractivity contribution in [2.45, 2.75) is 25.8 Å². The number of para-hydroxylation sites is 2. The molecular formula is C28H39N9O3S. The fourth-order valence-electron chi connectivity index (χ4n) is 5.48. The van der Waals surface area contributed by atoms with E-state index < -0.39 is 10.0 Å². The summed E-state index contributed by atoms with van der Waals surface area (Å²) in [7, 11) is 0.408. The normalized spacial score (nSPS) is 17.3. The highest BCUT2D eigenvalue weighted by Crippen LogP contribution is 2.36. The lowest BCUT2D eigenvalue weighted by molar-refractivity contribution is 0.0982. The Kier molecular flexibility index (Phi) is 8.76. The highest BCUT2D eigenvalue weighted by atomic mass is 32.2. The van der Waals surface area contributed by atoms with Crippen LogP contribution >= 0.6 is 0 Å². The summed E-state index contributed by atoms with van der Waals surface area (Å²) < 4.78 is 31.8. The van der Waals surface area contributed by atoms with Crippen LogP contribution in [0.5, 0.6) is 5.75 Å². The minimum atomic E-state index is -3.45. The number of rotatable bonds is 9. The average Bonchev–Trinajstić information content (AvgIpc) is 2.94. The third-order valence-corrected chi connectivity index (χ3v) is 8.26. The molecule has 2 aliphatic rings. The van der Waals surface area contributed by atoms with Gasteiger partial charge in [-0.15, -0.1) is 0 Å². The Balaban J connectivity index is 1.27. The first-order valence-electron chi connectivity index (χ1n) is 13.8. The van der Waals surface area contributed by atoms with E-state index in [9.17, 15) is 8.42 Å². The van der Waals surface area contributed by atoms with E-state index in [-0.39, 0.29) is 5.95 Å². The molecule has 3 aromatic rings. The van der Waals surface area contributed by atoms with Crippen molar-refractivity contribution in [3.8, 4) is 5.75 Å². The van der Waals surface area contributed by atoms with Crippen LogP contribution < -0.4 is 25.0 Å². The molecule has 3 N–H and O–H groups in total. The summed E-state index contributed by atoms with van der Waals surface area (Å²) in [6.45, 7) is 8.77. The topological polar surface area (TPSA) is 128 Å². The second-order valence-electron chi connectivity index (χ2n) is 10.7. The van der Waals surface area contributed by atoms with Crippen molar-refractivity contribution in [1.29, 1.82) is 0 Å². The number of hydrogen-bond donors (Lipinski definition) is 3. The molecule has 13 heteroatoms. The van der Waals surface area contributed by atoms with E-state index in [2.05, 4.69) is 71.1 Å². The number of aryl methyl sites for hydroxylation is 1. The van der Waals surface area contributed by atoms with E-state index in [0.29, 0.717) is 29.1 Å². The van der Waals surface area contributed by atoms with Gasteiger partial charge in [0, 0.05) is 57.1 Å². The average molecular weight is 582 g/mol. The molecule has 0 radical (unpaired) electrons. The van der Waals surface area contributed by atoms with Crippen molar-refractivity contribution in [2.24, 2.45) is 0 Å². The van der Waals surface area contributed by atoms with Crippen molar-refractivity contribution in [3.63, 3.8) is 0 Å². The summed E-state index contributed by atoms with van der Waals surface area (Å²) in [5.41, 5.74) is 3.98. The lowest BCUT2D eigenvalue weighted by atomic mass is 10.0. The maximum atomic E-state index is 11.8. The number of likely N-dealkylation sites (N-methyl/N-ethyl adjacent to an activating group) is 1. The van der Waals surface area contributed by atoms with Gasteiger partial charge in [-0.05, 0) is 50.6 Å². The third-order valence-electron chi connectivity index (χ3n) is 7.66. The van der Waals surface area contributed by atoms with Crippen LogP contribution in [-0.4, -0.2) is 98.9 Å². The Morgan fingerprint density at radius 1 is 0.902 bits per heavy atom. The number of hydrogen-bond acceptors (Lipinski definition) is 11. The van der Waals surface area contributed by atoms with Crippen LogP contribution in [0.4, 0.5) is 34.6 Å². The minimum Gasteiger partial charge on any atom is -0.494 e. The zero-order valence-corrected chi connectivity index (χ0v) is 24.9. The zero-order chi connectivity index (χ0) is 29.0. The molecule has 1 aromatic heterocycles. The highest BCUT2D eigenvalue weighted by molar-refractivity contribution is 7.92. The summed E-state index contributed by atoms with van der Waals surface area (Å²) in [6, 6.07) is 11.7. The van der Waals surface area contributed by atoms with Gasteiger partial charge in [-0.1, -0.05) is 12.1 Å². The number of nitrogens with one attached hydrogen (secondary N) is 3. The molecule has 0 amide bonds. The lowest BCUT2D eigenvalue weighted by Gasteiger charge is -2.43. The Morgan fingerprint density at radius 3 is 2.17 bits per heavy atom. The van der Waals surface area contributed by atoms with Gasteiger partial charge in [0.05, 0.1) is 30.4 Å². The number of piperidine rings is 1. The van der Waals surface area contributed by atoms with Gasteiger partial charge in [0.15, 0.2) is 0 Å². The van der Waals surface area contributed by atoms with Gasteiger partial charge < -0.3 is 25.2 Å². The summed E-state index contributed by atoms with van der Waals surface area (Å²) in [6.07, 6.45) is 4.82. The van der Waals surface area contributed by atoms with Crippen LogP contribution in [0.15, 0.2) is 42.7 Å². The number of methoxy groups -OCH3 is 1. The predicted octanol–water partition coefficient (Wildman–Crippen LogP) is 3.26. The van der Waals surface area contributed by atoms with Crippen LogP contribution in [0.1, 0.15) is 18.4 Å². The van der Waals surface area contributed by atoms with E-state index in [0.717, 1.165) is 69.6 Å². The largest absolute Gasteiger partial charge is 0.494 e. The fourth-order valence-corrected chi connectivity index (χ4v) is 6.06. The van der Waals surface area contributed by atoms with Crippen molar-refractivity contribution >= 4 is 44.7 Å². The molecule has 0 saturated carbocycles.